The fourth-order valence-corrected chi connectivity index (χ4v) is 6.31. The third-order valence-electron chi connectivity index (χ3n) is 4.89. The number of amides is 1. The molecule has 1 N–H and O–H groups in total. The molecule has 1 saturated heterocycles. The molecule has 9 heteroatoms. The van der Waals surface area contributed by atoms with E-state index in [1.54, 1.807) is 25.1 Å². The second kappa shape index (κ2) is 8.26. The molecule has 0 aliphatic carbocycles. The third-order valence-corrected chi connectivity index (χ3v) is 8.49. The molecular formula is C18H20ClFN2O3S2. The quantitative estimate of drug-likeness (QED) is 0.772. The Morgan fingerprint density at radius 3 is 2.52 bits per heavy atom. The molecule has 1 aliphatic rings. The maximum Gasteiger partial charge on any atom is 0.252 e. The number of nitrogens with one attached hydrogen (secondary N) is 1. The van der Waals surface area contributed by atoms with E-state index in [-0.39, 0.29) is 27.6 Å². The van der Waals surface area contributed by atoms with Crippen molar-refractivity contribution in [3.05, 3.63) is 46.6 Å². The highest BCUT2D eigenvalue weighted by atomic mass is 35.5. The third kappa shape index (κ3) is 4.51. The zero-order valence-electron chi connectivity index (χ0n) is 14.7. The predicted molar refractivity (Wildman–Crippen MR) is 105 cm³/mol. The molecule has 2 heterocycles. The number of para-hydroxylation sites is 1. The first kappa shape index (κ1) is 20.3. The second-order valence-corrected chi connectivity index (χ2v) is 10.4. The van der Waals surface area contributed by atoms with Crippen molar-refractivity contribution < 1.29 is 17.6 Å². The van der Waals surface area contributed by atoms with Crippen LogP contribution in [-0.2, 0) is 14.8 Å². The molecule has 2 aromatic rings. The lowest BCUT2D eigenvalue weighted by molar-refractivity contribution is -0.121. The van der Waals surface area contributed by atoms with E-state index in [2.05, 4.69) is 5.32 Å². The van der Waals surface area contributed by atoms with Crippen molar-refractivity contribution in [2.75, 3.05) is 18.4 Å². The molecule has 5 nitrogen and oxygen atoms in total. The van der Waals surface area contributed by atoms with Crippen molar-refractivity contribution in [3.8, 4) is 0 Å². The molecule has 3 rings (SSSR count). The molecule has 1 aromatic heterocycles. The summed E-state index contributed by atoms with van der Waals surface area (Å²) in [6.07, 6.45) is 1.15. The van der Waals surface area contributed by atoms with Gasteiger partial charge in [0.2, 0.25) is 5.91 Å². The van der Waals surface area contributed by atoms with Gasteiger partial charge in [0.05, 0.1) is 10.0 Å². The average Bonchev–Trinajstić information content (AvgIpc) is 3.10. The number of hydrogen-bond donors (Lipinski definition) is 1. The Balaban J connectivity index is 1.60. The summed E-state index contributed by atoms with van der Waals surface area (Å²) < 4.78 is 41.1. The van der Waals surface area contributed by atoms with Crippen LogP contribution < -0.4 is 5.32 Å². The van der Waals surface area contributed by atoms with Crippen LogP contribution in [0.4, 0.5) is 10.1 Å². The van der Waals surface area contributed by atoms with Gasteiger partial charge in [0.1, 0.15) is 10.0 Å². The lowest BCUT2D eigenvalue weighted by atomic mass is 9.85. The number of piperidine rings is 1. The first-order valence-corrected chi connectivity index (χ1v) is 11.2. The van der Waals surface area contributed by atoms with E-state index in [4.69, 9.17) is 11.6 Å². The summed E-state index contributed by atoms with van der Waals surface area (Å²) in [5.74, 6) is -1.04. The first-order chi connectivity index (χ1) is 12.8. The average molecular weight is 431 g/mol. The fraction of sp³-hybridized carbons (Fsp3) is 0.389. The van der Waals surface area contributed by atoms with Crippen LogP contribution in [0.3, 0.4) is 0 Å². The predicted octanol–water partition coefficient (Wildman–Crippen LogP) is 4.22. The molecule has 0 radical (unpaired) electrons. The number of halogens is 2. The molecule has 0 unspecified atom stereocenters. The smallest absolute Gasteiger partial charge is 0.252 e. The summed E-state index contributed by atoms with van der Waals surface area (Å²) in [6, 6.07) is 9.11. The van der Waals surface area contributed by atoms with Gasteiger partial charge in [0, 0.05) is 19.0 Å². The lowest BCUT2D eigenvalue weighted by Crippen LogP contribution is -2.41. The number of nitrogens with zero attached hydrogens (tertiary/aromatic N) is 1. The monoisotopic (exact) mass is 430 g/mol. The molecule has 1 amide bonds. The van der Waals surface area contributed by atoms with Gasteiger partial charge >= 0.3 is 0 Å². The number of rotatable bonds is 5. The highest BCUT2D eigenvalue weighted by Gasteiger charge is 2.34. The minimum absolute atomic E-state index is 0.0372. The fourth-order valence-electron chi connectivity index (χ4n) is 3.20. The Hall–Kier alpha value is -1.48. The van der Waals surface area contributed by atoms with Crippen LogP contribution in [0, 0.1) is 17.7 Å². The molecule has 0 saturated carbocycles. The second-order valence-electron chi connectivity index (χ2n) is 6.56. The molecule has 1 aliphatic heterocycles. The molecule has 0 spiro atoms. The first-order valence-electron chi connectivity index (χ1n) is 8.60. The van der Waals surface area contributed by atoms with Crippen LogP contribution in [0.25, 0.3) is 0 Å². The van der Waals surface area contributed by atoms with Gasteiger partial charge in [0.15, 0.2) is 0 Å². The zero-order valence-corrected chi connectivity index (χ0v) is 17.1. The number of thiophene rings is 1. The van der Waals surface area contributed by atoms with Crippen LogP contribution in [0.1, 0.15) is 19.8 Å². The zero-order chi connectivity index (χ0) is 19.6. The van der Waals surface area contributed by atoms with E-state index in [1.807, 2.05) is 0 Å². The minimum Gasteiger partial charge on any atom is -0.323 e. The Labute approximate surface area is 167 Å². The van der Waals surface area contributed by atoms with Gasteiger partial charge in [-0.2, -0.15) is 4.31 Å². The van der Waals surface area contributed by atoms with Crippen molar-refractivity contribution in [3.63, 3.8) is 0 Å². The van der Waals surface area contributed by atoms with Gasteiger partial charge in [-0.3, -0.25) is 4.79 Å². The number of carbonyl (C=O) groups excluding carboxylic acids is 1. The van der Waals surface area contributed by atoms with Gasteiger partial charge in [-0.05, 0) is 43.0 Å². The summed E-state index contributed by atoms with van der Waals surface area (Å²) in [5.41, 5.74) is 0.156. The molecular weight excluding hydrogens is 411 g/mol. The van der Waals surface area contributed by atoms with E-state index in [0.29, 0.717) is 30.3 Å². The highest BCUT2D eigenvalue weighted by molar-refractivity contribution is 7.91. The Morgan fingerprint density at radius 1 is 1.26 bits per heavy atom. The van der Waals surface area contributed by atoms with Crippen LogP contribution in [0.5, 0.6) is 0 Å². The standard InChI is InChI=1S/C18H20ClFN2O3S2/c1-12(18(23)21-15-5-3-2-4-14(15)20)13-8-10-22(11-9-13)27(24,25)17-7-6-16(19)26-17/h2-7,12-13H,8-11H2,1H3,(H,21,23)/t12-/m0/s1. The molecule has 1 fully saturated rings. The van der Waals surface area contributed by atoms with Gasteiger partial charge < -0.3 is 5.32 Å². The van der Waals surface area contributed by atoms with E-state index in [1.165, 1.54) is 22.5 Å². The number of anilines is 1. The van der Waals surface area contributed by atoms with Crippen LogP contribution in [0.15, 0.2) is 40.6 Å². The Bertz CT molecular complexity index is 924. The van der Waals surface area contributed by atoms with Crippen molar-refractivity contribution >= 4 is 44.6 Å². The summed E-state index contributed by atoms with van der Waals surface area (Å²) in [7, 11) is -3.55. The summed E-state index contributed by atoms with van der Waals surface area (Å²) in [5, 5.41) is 2.62. The molecule has 1 aromatic carbocycles. The largest absolute Gasteiger partial charge is 0.323 e. The molecule has 27 heavy (non-hydrogen) atoms. The lowest BCUT2D eigenvalue weighted by Gasteiger charge is -2.33. The maximum atomic E-state index is 13.7. The van der Waals surface area contributed by atoms with Gasteiger partial charge in [-0.15, -0.1) is 11.3 Å². The highest BCUT2D eigenvalue weighted by Crippen LogP contribution is 2.32. The number of sulfonamides is 1. The van der Waals surface area contributed by atoms with Crippen molar-refractivity contribution in [1.29, 1.82) is 0 Å². The van der Waals surface area contributed by atoms with Gasteiger partial charge in [-0.25, -0.2) is 12.8 Å². The molecule has 146 valence electrons. The maximum absolute atomic E-state index is 13.7. The van der Waals surface area contributed by atoms with Crippen LogP contribution in [-0.4, -0.2) is 31.7 Å². The van der Waals surface area contributed by atoms with Crippen molar-refractivity contribution in [2.24, 2.45) is 11.8 Å². The van der Waals surface area contributed by atoms with Crippen molar-refractivity contribution in [1.82, 2.24) is 4.31 Å². The SMILES string of the molecule is C[C@H](C(=O)Nc1ccccc1F)C1CCN(S(=O)(=O)c2ccc(Cl)s2)CC1. The molecule has 1 atom stereocenters. The van der Waals surface area contributed by atoms with E-state index in [9.17, 15) is 17.6 Å². The minimum atomic E-state index is -3.55. The van der Waals surface area contributed by atoms with Gasteiger partial charge in [0.25, 0.3) is 10.0 Å². The number of benzene rings is 1. The number of carbonyl (C=O) groups is 1. The van der Waals surface area contributed by atoms with E-state index < -0.39 is 15.8 Å². The number of hydrogen-bond acceptors (Lipinski definition) is 4. The van der Waals surface area contributed by atoms with E-state index >= 15 is 0 Å². The van der Waals surface area contributed by atoms with Crippen LogP contribution >= 0.6 is 22.9 Å². The summed E-state index contributed by atoms with van der Waals surface area (Å²) in [6.45, 7) is 2.49. The van der Waals surface area contributed by atoms with Gasteiger partial charge in [-0.1, -0.05) is 30.7 Å². The Morgan fingerprint density at radius 2 is 1.93 bits per heavy atom. The summed E-state index contributed by atoms with van der Waals surface area (Å²) in [4.78, 5) is 12.4. The van der Waals surface area contributed by atoms with Crippen LogP contribution in [0.2, 0.25) is 4.34 Å². The normalized spacial score (nSPS) is 17.6. The summed E-state index contributed by atoms with van der Waals surface area (Å²) >= 11 is 6.89. The van der Waals surface area contributed by atoms with E-state index in [0.717, 1.165) is 11.3 Å². The van der Waals surface area contributed by atoms with Crippen molar-refractivity contribution in [2.45, 2.75) is 24.0 Å². The Kier molecular flexibility index (Phi) is 6.20. The topological polar surface area (TPSA) is 66.5 Å². The molecule has 0 bridgehead atoms.